The molecule has 0 unspecified atom stereocenters. The molecule has 0 aliphatic rings. The lowest BCUT2D eigenvalue weighted by Gasteiger charge is -2.08. The van der Waals surface area contributed by atoms with E-state index in [1.807, 2.05) is 25.3 Å². The fourth-order valence-corrected chi connectivity index (χ4v) is 1.46. The number of rotatable bonds is 6. The van der Waals surface area contributed by atoms with E-state index in [1.54, 1.807) is 6.33 Å². The van der Waals surface area contributed by atoms with Gasteiger partial charge in [-0.05, 0) is 12.3 Å². The van der Waals surface area contributed by atoms with Gasteiger partial charge in [-0.1, -0.05) is 20.8 Å². The van der Waals surface area contributed by atoms with Gasteiger partial charge >= 0.3 is 11.8 Å². The Morgan fingerprint density at radius 1 is 1.32 bits per heavy atom. The van der Waals surface area contributed by atoms with Crippen LogP contribution in [0.15, 0.2) is 6.33 Å². The van der Waals surface area contributed by atoms with Crippen LogP contribution in [0.2, 0.25) is 0 Å². The molecule has 1 heterocycles. The second-order valence-electron chi connectivity index (χ2n) is 4.73. The molecule has 0 aliphatic carbocycles. The molecule has 7 nitrogen and oxygen atoms in total. The van der Waals surface area contributed by atoms with Gasteiger partial charge in [0.2, 0.25) is 0 Å². The minimum absolute atomic E-state index is 0.202. The smallest absolute Gasteiger partial charge is 0.309 e. The van der Waals surface area contributed by atoms with Crippen molar-refractivity contribution in [2.24, 2.45) is 5.92 Å². The zero-order chi connectivity index (χ0) is 14.3. The molecule has 0 spiro atoms. The van der Waals surface area contributed by atoms with Crippen molar-refractivity contribution in [1.29, 1.82) is 0 Å². The highest BCUT2D eigenvalue weighted by molar-refractivity contribution is 6.35. The Kier molecular flexibility index (Phi) is 5.98. The molecule has 2 N–H and O–H groups in total. The van der Waals surface area contributed by atoms with Crippen LogP contribution in [0.3, 0.4) is 0 Å². The second kappa shape index (κ2) is 7.50. The predicted octanol–water partition coefficient (Wildman–Crippen LogP) is 0.0765. The summed E-state index contributed by atoms with van der Waals surface area (Å²) in [5.41, 5.74) is 0. The molecule has 0 aromatic carbocycles. The van der Waals surface area contributed by atoms with Gasteiger partial charge in [0.25, 0.3) is 0 Å². The van der Waals surface area contributed by atoms with Gasteiger partial charge in [0.1, 0.15) is 6.33 Å². The van der Waals surface area contributed by atoms with Crippen LogP contribution in [0.5, 0.6) is 0 Å². The topological polar surface area (TPSA) is 88.9 Å². The van der Waals surface area contributed by atoms with Crippen molar-refractivity contribution in [2.45, 2.75) is 40.3 Å². The Balaban J connectivity index is 2.41. The molecular weight excluding hydrogens is 246 g/mol. The molecule has 0 radical (unpaired) electrons. The Morgan fingerprint density at radius 3 is 2.63 bits per heavy atom. The number of carbonyl (C=O) groups excluding carboxylic acids is 2. The zero-order valence-corrected chi connectivity index (χ0v) is 11.6. The summed E-state index contributed by atoms with van der Waals surface area (Å²) >= 11 is 0. The van der Waals surface area contributed by atoms with E-state index >= 15 is 0 Å². The summed E-state index contributed by atoms with van der Waals surface area (Å²) in [5.74, 6) is -0.307. The SMILES string of the molecule is CCCn1cnnc1CNC(=O)C(=O)NCC(C)C. The first-order valence-corrected chi connectivity index (χ1v) is 6.47. The average Bonchev–Trinajstić information content (AvgIpc) is 2.81. The van der Waals surface area contributed by atoms with Crippen molar-refractivity contribution in [1.82, 2.24) is 25.4 Å². The first-order chi connectivity index (χ1) is 9.04. The average molecular weight is 267 g/mol. The normalized spacial score (nSPS) is 10.5. The summed E-state index contributed by atoms with van der Waals surface area (Å²) in [5, 5.41) is 12.8. The fourth-order valence-electron chi connectivity index (χ4n) is 1.46. The molecule has 19 heavy (non-hydrogen) atoms. The van der Waals surface area contributed by atoms with Gasteiger partial charge in [0, 0.05) is 13.1 Å². The van der Waals surface area contributed by atoms with Crippen molar-refractivity contribution < 1.29 is 9.59 Å². The van der Waals surface area contributed by atoms with Crippen LogP contribution >= 0.6 is 0 Å². The van der Waals surface area contributed by atoms with Gasteiger partial charge in [-0.2, -0.15) is 0 Å². The molecule has 0 atom stereocenters. The molecule has 1 rings (SSSR count). The summed E-state index contributed by atoms with van der Waals surface area (Å²) in [6, 6.07) is 0. The number of amides is 2. The highest BCUT2D eigenvalue weighted by Gasteiger charge is 2.14. The lowest BCUT2D eigenvalue weighted by atomic mass is 10.2. The Labute approximate surface area is 112 Å². The summed E-state index contributed by atoms with van der Waals surface area (Å²) in [6.45, 7) is 7.45. The first kappa shape index (κ1) is 15.1. The van der Waals surface area contributed by atoms with Gasteiger partial charge < -0.3 is 15.2 Å². The van der Waals surface area contributed by atoms with Crippen molar-refractivity contribution in [3.8, 4) is 0 Å². The van der Waals surface area contributed by atoms with Crippen molar-refractivity contribution in [2.75, 3.05) is 6.54 Å². The first-order valence-electron chi connectivity index (χ1n) is 6.47. The second-order valence-corrected chi connectivity index (χ2v) is 4.73. The molecule has 0 bridgehead atoms. The molecule has 0 saturated carbocycles. The number of hydrogen-bond donors (Lipinski definition) is 2. The third kappa shape index (κ3) is 5.07. The highest BCUT2D eigenvalue weighted by Crippen LogP contribution is 1.96. The quantitative estimate of drug-likeness (QED) is 0.714. The minimum atomic E-state index is -0.647. The molecule has 7 heteroatoms. The van der Waals surface area contributed by atoms with E-state index in [0.717, 1.165) is 13.0 Å². The van der Waals surface area contributed by atoms with Crippen molar-refractivity contribution in [3.05, 3.63) is 12.2 Å². The zero-order valence-electron chi connectivity index (χ0n) is 11.6. The van der Waals surface area contributed by atoms with Gasteiger partial charge in [0.05, 0.1) is 6.54 Å². The van der Waals surface area contributed by atoms with Crippen LogP contribution in [0.4, 0.5) is 0 Å². The standard InChI is InChI=1S/C12H21N5O2/c1-4-5-17-8-15-16-10(17)7-14-12(19)11(18)13-6-9(2)3/h8-9H,4-7H2,1-3H3,(H,13,18)(H,14,19). The molecule has 106 valence electrons. The molecule has 0 saturated heterocycles. The lowest BCUT2D eigenvalue weighted by molar-refractivity contribution is -0.139. The van der Waals surface area contributed by atoms with Gasteiger partial charge in [-0.15, -0.1) is 10.2 Å². The third-order valence-electron chi connectivity index (χ3n) is 2.44. The van der Waals surface area contributed by atoms with Gasteiger partial charge in [0.15, 0.2) is 5.82 Å². The third-order valence-corrected chi connectivity index (χ3v) is 2.44. The maximum Gasteiger partial charge on any atom is 0.309 e. The molecule has 0 aliphatic heterocycles. The maximum atomic E-state index is 11.5. The fraction of sp³-hybridized carbons (Fsp3) is 0.667. The van der Waals surface area contributed by atoms with E-state index in [-0.39, 0.29) is 6.54 Å². The van der Waals surface area contributed by atoms with Crippen molar-refractivity contribution in [3.63, 3.8) is 0 Å². The molecule has 1 aromatic heterocycles. The summed E-state index contributed by atoms with van der Waals surface area (Å²) in [6.07, 6.45) is 2.57. The van der Waals surface area contributed by atoms with Crippen LogP contribution in [0.1, 0.15) is 33.0 Å². The molecule has 1 aromatic rings. The summed E-state index contributed by atoms with van der Waals surface area (Å²) in [4.78, 5) is 23.0. The lowest BCUT2D eigenvalue weighted by Crippen LogP contribution is -2.41. The molecule has 2 amide bonds. The number of nitrogens with one attached hydrogen (secondary N) is 2. The maximum absolute atomic E-state index is 11.5. The van der Waals surface area contributed by atoms with E-state index < -0.39 is 11.8 Å². The van der Waals surface area contributed by atoms with E-state index in [0.29, 0.717) is 18.3 Å². The number of carbonyl (C=O) groups is 2. The van der Waals surface area contributed by atoms with E-state index in [4.69, 9.17) is 0 Å². The Morgan fingerprint density at radius 2 is 2.00 bits per heavy atom. The monoisotopic (exact) mass is 267 g/mol. The number of aromatic nitrogens is 3. The summed E-state index contributed by atoms with van der Waals surface area (Å²) in [7, 11) is 0. The van der Waals surface area contributed by atoms with Crippen LogP contribution in [0, 0.1) is 5.92 Å². The van der Waals surface area contributed by atoms with Crippen molar-refractivity contribution >= 4 is 11.8 Å². The largest absolute Gasteiger partial charge is 0.348 e. The summed E-state index contributed by atoms with van der Waals surface area (Å²) < 4.78 is 1.85. The number of nitrogens with zero attached hydrogens (tertiary/aromatic N) is 3. The van der Waals surface area contributed by atoms with Gasteiger partial charge in [-0.25, -0.2) is 0 Å². The van der Waals surface area contributed by atoms with Crippen LogP contribution in [0.25, 0.3) is 0 Å². The van der Waals surface area contributed by atoms with E-state index in [9.17, 15) is 9.59 Å². The number of aryl methyl sites for hydroxylation is 1. The molecule has 0 fully saturated rings. The van der Waals surface area contributed by atoms with Crippen LogP contribution < -0.4 is 10.6 Å². The molecular formula is C12H21N5O2. The van der Waals surface area contributed by atoms with Gasteiger partial charge in [-0.3, -0.25) is 9.59 Å². The Hall–Kier alpha value is -1.92. The van der Waals surface area contributed by atoms with E-state index in [1.165, 1.54) is 0 Å². The highest BCUT2D eigenvalue weighted by atomic mass is 16.2. The van der Waals surface area contributed by atoms with Crippen LogP contribution in [-0.2, 0) is 22.7 Å². The minimum Gasteiger partial charge on any atom is -0.348 e. The van der Waals surface area contributed by atoms with Crippen LogP contribution in [-0.4, -0.2) is 33.1 Å². The van der Waals surface area contributed by atoms with E-state index in [2.05, 4.69) is 20.8 Å². The number of hydrogen-bond acceptors (Lipinski definition) is 4. The Bertz CT molecular complexity index is 428. The predicted molar refractivity (Wildman–Crippen MR) is 70.0 cm³/mol.